The van der Waals surface area contributed by atoms with Gasteiger partial charge in [0, 0.05) is 37.4 Å². The van der Waals surface area contributed by atoms with Gasteiger partial charge in [0.05, 0.1) is 0 Å². The lowest BCUT2D eigenvalue weighted by atomic mass is 9.91. The zero-order chi connectivity index (χ0) is 20.1. The third-order valence-corrected chi connectivity index (χ3v) is 5.05. The SMILES string of the molecule is CCN(C)c1nccc(NC2CCC(NC(=O)c3ccc(F)c(F)c3)CC2)n1. The molecule has 2 aromatic rings. The third kappa shape index (κ3) is 4.94. The number of benzene rings is 1. The summed E-state index contributed by atoms with van der Waals surface area (Å²) in [6.45, 7) is 2.87. The Hall–Kier alpha value is -2.77. The summed E-state index contributed by atoms with van der Waals surface area (Å²) in [4.78, 5) is 23.0. The molecule has 0 bridgehead atoms. The zero-order valence-corrected chi connectivity index (χ0v) is 16.1. The van der Waals surface area contributed by atoms with Crippen molar-refractivity contribution in [2.45, 2.75) is 44.7 Å². The van der Waals surface area contributed by atoms with Gasteiger partial charge in [-0.25, -0.2) is 13.8 Å². The fraction of sp³-hybridized carbons (Fsp3) is 0.450. The summed E-state index contributed by atoms with van der Waals surface area (Å²) in [6, 6.07) is 5.33. The van der Waals surface area contributed by atoms with Gasteiger partial charge in [0.1, 0.15) is 5.82 Å². The highest BCUT2D eigenvalue weighted by Gasteiger charge is 2.23. The molecule has 1 amide bonds. The van der Waals surface area contributed by atoms with Gasteiger partial charge in [-0.2, -0.15) is 4.98 Å². The number of carbonyl (C=O) groups excluding carboxylic acids is 1. The van der Waals surface area contributed by atoms with Crippen LogP contribution in [0.1, 0.15) is 43.0 Å². The average molecular weight is 389 g/mol. The molecule has 0 saturated heterocycles. The summed E-state index contributed by atoms with van der Waals surface area (Å²) in [7, 11) is 1.94. The number of aromatic nitrogens is 2. The number of amides is 1. The van der Waals surface area contributed by atoms with Crippen LogP contribution in [0, 0.1) is 11.6 Å². The molecular weight excluding hydrogens is 364 g/mol. The maximum Gasteiger partial charge on any atom is 0.251 e. The Kier molecular flexibility index (Phi) is 6.38. The summed E-state index contributed by atoms with van der Waals surface area (Å²) in [5.41, 5.74) is 0.132. The van der Waals surface area contributed by atoms with E-state index in [9.17, 15) is 13.6 Å². The van der Waals surface area contributed by atoms with Crippen molar-refractivity contribution in [3.63, 3.8) is 0 Å². The van der Waals surface area contributed by atoms with Gasteiger partial charge >= 0.3 is 0 Å². The van der Waals surface area contributed by atoms with Crippen molar-refractivity contribution in [2.24, 2.45) is 0 Å². The summed E-state index contributed by atoms with van der Waals surface area (Å²) >= 11 is 0. The van der Waals surface area contributed by atoms with E-state index in [1.165, 1.54) is 6.07 Å². The lowest BCUT2D eigenvalue weighted by molar-refractivity contribution is 0.0926. The maximum atomic E-state index is 13.3. The van der Waals surface area contributed by atoms with Crippen molar-refractivity contribution in [1.82, 2.24) is 15.3 Å². The molecule has 0 radical (unpaired) electrons. The van der Waals surface area contributed by atoms with Crippen molar-refractivity contribution in [1.29, 1.82) is 0 Å². The van der Waals surface area contributed by atoms with Crippen LogP contribution in [-0.4, -0.2) is 41.6 Å². The minimum Gasteiger partial charge on any atom is -0.367 e. The summed E-state index contributed by atoms with van der Waals surface area (Å²) < 4.78 is 26.3. The number of hydrogen-bond acceptors (Lipinski definition) is 5. The van der Waals surface area contributed by atoms with Crippen LogP contribution in [0.25, 0.3) is 0 Å². The van der Waals surface area contributed by atoms with Gasteiger partial charge in [0.2, 0.25) is 5.95 Å². The van der Waals surface area contributed by atoms with E-state index in [2.05, 4.69) is 20.6 Å². The number of nitrogens with zero attached hydrogens (tertiary/aromatic N) is 3. The van der Waals surface area contributed by atoms with Crippen LogP contribution in [0.5, 0.6) is 0 Å². The largest absolute Gasteiger partial charge is 0.367 e. The molecule has 0 spiro atoms. The van der Waals surface area contributed by atoms with E-state index in [0.717, 1.165) is 50.2 Å². The van der Waals surface area contributed by atoms with Gasteiger partial charge in [-0.1, -0.05) is 0 Å². The molecule has 1 aliphatic rings. The van der Waals surface area contributed by atoms with Crippen LogP contribution >= 0.6 is 0 Å². The smallest absolute Gasteiger partial charge is 0.251 e. The van der Waals surface area contributed by atoms with E-state index in [-0.39, 0.29) is 23.6 Å². The molecule has 1 heterocycles. The molecule has 3 rings (SSSR count). The Morgan fingerprint density at radius 3 is 2.54 bits per heavy atom. The van der Waals surface area contributed by atoms with Crippen molar-refractivity contribution < 1.29 is 13.6 Å². The molecule has 150 valence electrons. The van der Waals surface area contributed by atoms with Gasteiger partial charge in [-0.05, 0) is 56.9 Å². The second kappa shape index (κ2) is 8.95. The van der Waals surface area contributed by atoms with Crippen LogP contribution in [-0.2, 0) is 0 Å². The molecule has 0 aliphatic heterocycles. The predicted octanol–water partition coefficient (Wildman–Crippen LogP) is 3.36. The molecule has 8 heteroatoms. The predicted molar refractivity (Wildman–Crippen MR) is 104 cm³/mol. The average Bonchev–Trinajstić information content (AvgIpc) is 2.71. The van der Waals surface area contributed by atoms with Crippen LogP contribution < -0.4 is 15.5 Å². The Morgan fingerprint density at radius 1 is 1.14 bits per heavy atom. The lowest BCUT2D eigenvalue weighted by Gasteiger charge is -2.30. The highest BCUT2D eigenvalue weighted by Crippen LogP contribution is 2.22. The number of halogens is 2. The Morgan fingerprint density at radius 2 is 1.86 bits per heavy atom. The number of nitrogens with one attached hydrogen (secondary N) is 2. The van der Waals surface area contributed by atoms with Crippen molar-refractivity contribution in [3.8, 4) is 0 Å². The third-order valence-electron chi connectivity index (χ3n) is 5.05. The van der Waals surface area contributed by atoms with Crippen molar-refractivity contribution in [3.05, 3.63) is 47.7 Å². The fourth-order valence-electron chi connectivity index (χ4n) is 3.25. The van der Waals surface area contributed by atoms with Crippen LogP contribution in [0.4, 0.5) is 20.5 Å². The molecule has 0 unspecified atom stereocenters. The quantitative estimate of drug-likeness (QED) is 0.793. The normalized spacial score (nSPS) is 19.1. The zero-order valence-electron chi connectivity index (χ0n) is 16.1. The summed E-state index contributed by atoms with van der Waals surface area (Å²) in [5, 5.41) is 6.35. The number of hydrogen-bond donors (Lipinski definition) is 2. The lowest BCUT2D eigenvalue weighted by Crippen LogP contribution is -2.40. The standard InChI is InChI=1S/C20H25F2N5O/c1-3-27(2)20-23-11-10-18(26-20)24-14-5-7-15(8-6-14)25-19(28)13-4-9-16(21)17(22)12-13/h4,9-12,14-15H,3,5-8H2,1-2H3,(H,25,28)(H,23,24,26). The van der Waals surface area contributed by atoms with Gasteiger partial charge in [0.25, 0.3) is 5.91 Å². The minimum absolute atomic E-state index is 0.0193. The van der Waals surface area contributed by atoms with E-state index in [0.29, 0.717) is 5.95 Å². The first-order valence-electron chi connectivity index (χ1n) is 9.53. The van der Waals surface area contributed by atoms with Crippen LogP contribution in [0.2, 0.25) is 0 Å². The second-order valence-electron chi connectivity index (χ2n) is 7.05. The second-order valence-corrected chi connectivity index (χ2v) is 7.05. The molecule has 28 heavy (non-hydrogen) atoms. The Balaban J connectivity index is 1.50. The Labute approximate surface area is 163 Å². The number of anilines is 2. The maximum absolute atomic E-state index is 13.3. The van der Waals surface area contributed by atoms with Crippen LogP contribution in [0.3, 0.4) is 0 Å². The molecule has 1 aliphatic carbocycles. The van der Waals surface area contributed by atoms with Gasteiger partial charge in [0.15, 0.2) is 11.6 Å². The molecule has 2 N–H and O–H groups in total. The molecule has 1 saturated carbocycles. The van der Waals surface area contributed by atoms with E-state index in [1.807, 2.05) is 24.9 Å². The first kappa shape index (κ1) is 20.0. The summed E-state index contributed by atoms with van der Waals surface area (Å²) in [5.74, 6) is -0.877. The van der Waals surface area contributed by atoms with Gasteiger partial charge < -0.3 is 15.5 Å². The molecule has 6 nitrogen and oxygen atoms in total. The molecular formula is C20H25F2N5O. The van der Waals surface area contributed by atoms with Gasteiger partial charge in [-0.15, -0.1) is 0 Å². The van der Waals surface area contributed by atoms with Crippen LogP contribution in [0.15, 0.2) is 30.5 Å². The van der Waals surface area contributed by atoms with E-state index < -0.39 is 11.6 Å². The molecule has 1 fully saturated rings. The van der Waals surface area contributed by atoms with E-state index in [4.69, 9.17) is 0 Å². The first-order valence-corrected chi connectivity index (χ1v) is 9.53. The fourth-order valence-corrected chi connectivity index (χ4v) is 3.25. The topological polar surface area (TPSA) is 70.2 Å². The van der Waals surface area contributed by atoms with Crippen molar-refractivity contribution in [2.75, 3.05) is 23.8 Å². The van der Waals surface area contributed by atoms with E-state index >= 15 is 0 Å². The Bertz CT molecular complexity index is 824. The van der Waals surface area contributed by atoms with Gasteiger partial charge in [-0.3, -0.25) is 4.79 Å². The molecule has 1 aromatic carbocycles. The first-order chi connectivity index (χ1) is 13.5. The van der Waals surface area contributed by atoms with E-state index in [1.54, 1.807) is 6.20 Å². The molecule has 0 atom stereocenters. The number of rotatable bonds is 6. The monoisotopic (exact) mass is 389 g/mol. The summed E-state index contributed by atoms with van der Waals surface area (Å²) in [6.07, 6.45) is 5.11. The molecule has 1 aromatic heterocycles. The highest BCUT2D eigenvalue weighted by molar-refractivity contribution is 5.94. The highest BCUT2D eigenvalue weighted by atomic mass is 19.2. The number of carbonyl (C=O) groups is 1. The van der Waals surface area contributed by atoms with Crippen molar-refractivity contribution >= 4 is 17.7 Å². The minimum atomic E-state index is -1.02.